The summed E-state index contributed by atoms with van der Waals surface area (Å²) in [6.45, 7) is 4.33. The molecular formula is C15H23NO2. The van der Waals surface area contributed by atoms with Crippen LogP contribution in [0.3, 0.4) is 0 Å². The van der Waals surface area contributed by atoms with Gasteiger partial charge in [0.1, 0.15) is 11.5 Å². The highest BCUT2D eigenvalue weighted by molar-refractivity contribution is 5.41. The van der Waals surface area contributed by atoms with Crippen molar-refractivity contribution in [2.75, 3.05) is 7.11 Å². The molecule has 1 aromatic carbocycles. The van der Waals surface area contributed by atoms with E-state index in [9.17, 15) is 5.11 Å². The lowest BCUT2D eigenvalue weighted by molar-refractivity contribution is 0.229. The second kappa shape index (κ2) is 5.61. The molecule has 0 radical (unpaired) electrons. The maximum Gasteiger partial charge on any atom is 0.124 e. The second-order valence-corrected chi connectivity index (χ2v) is 5.29. The topological polar surface area (TPSA) is 41.5 Å². The third-order valence-electron chi connectivity index (χ3n) is 4.07. The van der Waals surface area contributed by atoms with Gasteiger partial charge in [0, 0.05) is 23.7 Å². The zero-order valence-electron chi connectivity index (χ0n) is 11.4. The normalized spacial score (nSPS) is 19.1. The van der Waals surface area contributed by atoms with Gasteiger partial charge in [-0.3, -0.25) is 0 Å². The van der Waals surface area contributed by atoms with Crippen LogP contribution in [0.4, 0.5) is 0 Å². The fourth-order valence-electron chi connectivity index (χ4n) is 2.58. The highest BCUT2D eigenvalue weighted by atomic mass is 16.5. The number of nitrogens with one attached hydrogen (secondary N) is 1. The van der Waals surface area contributed by atoms with E-state index in [1.54, 1.807) is 13.2 Å². The summed E-state index contributed by atoms with van der Waals surface area (Å²) in [6, 6.07) is 6.16. The first-order chi connectivity index (χ1) is 8.61. The maximum absolute atomic E-state index is 10.00. The Morgan fingerprint density at radius 2 is 2.06 bits per heavy atom. The summed E-state index contributed by atoms with van der Waals surface area (Å²) >= 11 is 0. The van der Waals surface area contributed by atoms with E-state index in [0.717, 1.165) is 11.5 Å². The van der Waals surface area contributed by atoms with E-state index in [1.807, 2.05) is 12.1 Å². The minimum atomic E-state index is 0.159. The second-order valence-electron chi connectivity index (χ2n) is 5.29. The smallest absolute Gasteiger partial charge is 0.124 e. The van der Waals surface area contributed by atoms with Crippen LogP contribution in [-0.2, 0) is 0 Å². The predicted octanol–water partition coefficient (Wildman–Crippen LogP) is 3.24. The first kappa shape index (κ1) is 13.2. The Kier molecular flexibility index (Phi) is 4.12. The first-order valence-electron chi connectivity index (χ1n) is 6.74. The van der Waals surface area contributed by atoms with Crippen LogP contribution in [0.25, 0.3) is 0 Å². The van der Waals surface area contributed by atoms with Crippen LogP contribution in [-0.4, -0.2) is 18.3 Å². The lowest BCUT2D eigenvalue weighted by atomic mass is 9.80. The number of aromatic hydroxyl groups is 1. The summed E-state index contributed by atoms with van der Waals surface area (Å²) in [7, 11) is 1.61. The van der Waals surface area contributed by atoms with E-state index in [4.69, 9.17) is 4.74 Å². The van der Waals surface area contributed by atoms with Gasteiger partial charge in [0.05, 0.1) is 7.11 Å². The van der Waals surface area contributed by atoms with Crippen LogP contribution in [0.2, 0.25) is 0 Å². The minimum Gasteiger partial charge on any atom is -0.507 e. The van der Waals surface area contributed by atoms with Gasteiger partial charge in [0.15, 0.2) is 0 Å². The molecule has 0 amide bonds. The van der Waals surface area contributed by atoms with E-state index in [1.165, 1.54) is 19.3 Å². The van der Waals surface area contributed by atoms with E-state index in [2.05, 4.69) is 19.2 Å². The van der Waals surface area contributed by atoms with Crippen LogP contribution in [0.1, 0.15) is 44.7 Å². The highest BCUT2D eigenvalue weighted by Gasteiger charge is 2.25. The van der Waals surface area contributed by atoms with Crippen LogP contribution in [0, 0.1) is 5.92 Å². The van der Waals surface area contributed by atoms with Crippen LogP contribution in [0.15, 0.2) is 18.2 Å². The average molecular weight is 249 g/mol. The monoisotopic (exact) mass is 249 g/mol. The van der Waals surface area contributed by atoms with Gasteiger partial charge in [-0.2, -0.15) is 0 Å². The molecule has 1 aliphatic rings. The van der Waals surface area contributed by atoms with E-state index >= 15 is 0 Å². The van der Waals surface area contributed by atoms with Crippen LogP contribution in [0.5, 0.6) is 11.5 Å². The molecule has 2 unspecified atom stereocenters. The SMILES string of the molecule is COc1ccc(C(C)NC(C)C2CCC2)c(O)c1. The summed E-state index contributed by atoms with van der Waals surface area (Å²) in [5.74, 6) is 1.79. The first-order valence-corrected chi connectivity index (χ1v) is 6.74. The molecule has 100 valence electrons. The zero-order valence-corrected chi connectivity index (χ0v) is 11.4. The number of phenols is 1. The largest absolute Gasteiger partial charge is 0.507 e. The molecule has 0 saturated heterocycles. The van der Waals surface area contributed by atoms with Gasteiger partial charge in [-0.1, -0.05) is 12.5 Å². The molecule has 3 heteroatoms. The van der Waals surface area contributed by atoms with Gasteiger partial charge >= 0.3 is 0 Å². The average Bonchev–Trinajstić information content (AvgIpc) is 2.25. The summed E-state index contributed by atoms with van der Waals surface area (Å²) in [4.78, 5) is 0. The lowest BCUT2D eigenvalue weighted by Crippen LogP contribution is -2.38. The summed E-state index contributed by atoms with van der Waals surface area (Å²) < 4.78 is 5.10. The molecule has 0 spiro atoms. The molecule has 0 aromatic heterocycles. The van der Waals surface area contributed by atoms with Gasteiger partial charge in [-0.15, -0.1) is 0 Å². The van der Waals surface area contributed by atoms with Crippen molar-refractivity contribution < 1.29 is 9.84 Å². The standard InChI is InChI=1S/C15H23NO2/c1-10(12-5-4-6-12)16-11(2)14-8-7-13(18-3)9-15(14)17/h7-12,16-17H,4-6H2,1-3H3. The molecule has 1 aliphatic carbocycles. The Balaban J connectivity index is 2.01. The highest BCUT2D eigenvalue weighted by Crippen LogP contribution is 2.32. The molecule has 0 heterocycles. The van der Waals surface area contributed by atoms with Crippen molar-refractivity contribution in [1.82, 2.24) is 5.32 Å². The number of hydrogen-bond acceptors (Lipinski definition) is 3. The minimum absolute atomic E-state index is 0.159. The van der Waals surface area contributed by atoms with Crippen molar-refractivity contribution in [2.45, 2.75) is 45.2 Å². The number of benzene rings is 1. The Hall–Kier alpha value is -1.22. The number of rotatable bonds is 5. The van der Waals surface area contributed by atoms with Gasteiger partial charge in [0.2, 0.25) is 0 Å². The number of phenolic OH excluding ortho intramolecular Hbond substituents is 1. The Bertz CT molecular complexity index is 401. The molecule has 1 aromatic rings. The van der Waals surface area contributed by atoms with Crippen LogP contribution >= 0.6 is 0 Å². The number of methoxy groups -OCH3 is 1. The number of hydrogen-bond donors (Lipinski definition) is 2. The third-order valence-corrected chi connectivity index (χ3v) is 4.07. The lowest BCUT2D eigenvalue weighted by Gasteiger charge is -2.34. The van der Waals surface area contributed by atoms with Crippen molar-refractivity contribution in [3.63, 3.8) is 0 Å². The Labute approximate surface area is 109 Å². The predicted molar refractivity (Wildman–Crippen MR) is 73.0 cm³/mol. The third kappa shape index (κ3) is 2.78. The van der Waals surface area contributed by atoms with Crippen molar-refractivity contribution in [3.8, 4) is 11.5 Å². The molecule has 0 bridgehead atoms. The maximum atomic E-state index is 10.00. The fraction of sp³-hybridized carbons (Fsp3) is 0.600. The van der Waals surface area contributed by atoms with Crippen LogP contribution < -0.4 is 10.1 Å². The molecule has 1 saturated carbocycles. The molecule has 2 atom stereocenters. The quantitative estimate of drug-likeness (QED) is 0.841. The molecule has 2 N–H and O–H groups in total. The van der Waals surface area contributed by atoms with Crippen molar-refractivity contribution >= 4 is 0 Å². The molecule has 18 heavy (non-hydrogen) atoms. The van der Waals surface area contributed by atoms with Crippen molar-refractivity contribution in [1.29, 1.82) is 0 Å². The fourth-order valence-corrected chi connectivity index (χ4v) is 2.58. The van der Waals surface area contributed by atoms with Gasteiger partial charge in [0.25, 0.3) is 0 Å². The van der Waals surface area contributed by atoms with Crippen molar-refractivity contribution in [2.24, 2.45) is 5.92 Å². The molecule has 2 rings (SSSR count). The summed E-state index contributed by atoms with van der Waals surface area (Å²) in [5, 5.41) is 13.6. The van der Waals surface area contributed by atoms with Crippen molar-refractivity contribution in [3.05, 3.63) is 23.8 Å². The number of ether oxygens (including phenoxy) is 1. The molecular weight excluding hydrogens is 226 g/mol. The van der Waals surface area contributed by atoms with Gasteiger partial charge in [-0.05, 0) is 38.7 Å². The van der Waals surface area contributed by atoms with Gasteiger partial charge < -0.3 is 15.2 Å². The Morgan fingerprint density at radius 1 is 1.33 bits per heavy atom. The van der Waals surface area contributed by atoms with E-state index in [0.29, 0.717) is 17.5 Å². The zero-order chi connectivity index (χ0) is 13.1. The molecule has 1 fully saturated rings. The summed E-state index contributed by atoms with van der Waals surface area (Å²) in [5.41, 5.74) is 0.932. The summed E-state index contributed by atoms with van der Waals surface area (Å²) in [6.07, 6.45) is 4.02. The Morgan fingerprint density at radius 3 is 2.56 bits per heavy atom. The van der Waals surface area contributed by atoms with E-state index in [-0.39, 0.29) is 6.04 Å². The molecule has 3 nitrogen and oxygen atoms in total. The van der Waals surface area contributed by atoms with Gasteiger partial charge in [-0.25, -0.2) is 0 Å². The van der Waals surface area contributed by atoms with E-state index < -0.39 is 0 Å². The molecule has 0 aliphatic heterocycles.